The van der Waals surface area contributed by atoms with Gasteiger partial charge in [-0.15, -0.1) is 11.3 Å². The van der Waals surface area contributed by atoms with Crippen LogP contribution in [0.25, 0.3) is 6.08 Å². The molecule has 1 atom stereocenters. The first-order valence-corrected chi connectivity index (χ1v) is 9.65. The summed E-state index contributed by atoms with van der Waals surface area (Å²) in [5, 5.41) is 7.69. The molecule has 2 aliphatic heterocycles. The second-order valence-electron chi connectivity index (χ2n) is 6.68. The SMILES string of the molecule is CCN1CCc2c(sc3c2C(=O)N[C@H](/C(C)=C/c2ccccc2)N3)C1. The first-order chi connectivity index (χ1) is 12.2. The van der Waals surface area contributed by atoms with E-state index in [4.69, 9.17) is 0 Å². The molecule has 2 N–H and O–H groups in total. The quantitative estimate of drug-likeness (QED) is 0.884. The lowest BCUT2D eigenvalue weighted by atomic mass is 10.00. The number of thiophene rings is 1. The molecule has 0 saturated heterocycles. The smallest absolute Gasteiger partial charge is 0.256 e. The first-order valence-electron chi connectivity index (χ1n) is 8.83. The molecule has 130 valence electrons. The fourth-order valence-corrected chi connectivity index (χ4v) is 4.88. The number of nitrogens with one attached hydrogen (secondary N) is 2. The van der Waals surface area contributed by atoms with E-state index in [9.17, 15) is 4.79 Å². The van der Waals surface area contributed by atoms with E-state index in [1.807, 2.05) is 18.2 Å². The summed E-state index contributed by atoms with van der Waals surface area (Å²) >= 11 is 1.75. The van der Waals surface area contributed by atoms with Gasteiger partial charge in [0.2, 0.25) is 0 Å². The van der Waals surface area contributed by atoms with E-state index in [0.29, 0.717) is 0 Å². The topological polar surface area (TPSA) is 44.4 Å². The van der Waals surface area contributed by atoms with E-state index < -0.39 is 0 Å². The Balaban J connectivity index is 1.61. The average molecular weight is 353 g/mol. The maximum Gasteiger partial charge on any atom is 0.256 e. The monoisotopic (exact) mass is 353 g/mol. The number of hydrogen-bond acceptors (Lipinski definition) is 4. The lowest BCUT2D eigenvalue weighted by molar-refractivity contribution is 0.0940. The Kier molecular flexibility index (Phi) is 4.36. The molecule has 1 aromatic heterocycles. The molecule has 1 aromatic carbocycles. The van der Waals surface area contributed by atoms with Gasteiger partial charge in [0.1, 0.15) is 11.2 Å². The standard InChI is InChI=1S/C20H23N3OS/c1-3-23-10-9-15-16(12-23)25-20-17(15)19(24)21-18(22-20)13(2)11-14-7-5-4-6-8-14/h4-8,11,18,22H,3,9-10,12H2,1-2H3,(H,21,24)/b13-11+/t18-/m0/s1. The van der Waals surface area contributed by atoms with Crippen molar-refractivity contribution in [3.8, 4) is 0 Å². The van der Waals surface area contributed by atoms with Crippen LogP contribution in [0.5, 0.6) is 0 Å². The first kappa shape index (κ1) is 16.4. The third-order valence-electron chi connectivity index (χ3n) is 5.01. The molecule has 0 radical (unpaired) electrons. The molecule has 5 heteroatoms. The van der Waals surface area contributed by atoms with Crippen LogP contribution in [0.4, 0.5) is 5.00 Å². The highest BCUT2D eigenvalue weighted by Crippen LogP contribution is 2.39. The van der Waals surface area contributed by atoms with Crippen LogP contribution in [0.3, 0.4) is 0 Å². The summed E-state index contributed by atoms with van der Waals surface area (Å²) < 4.78 is 0. The second-order valence-corrected chi connectivity index (χ2v) is 7.78. The van der Waals surface area contributed by atoms with Crippen molar-refractivity contribution in [1.29, 1.82) is 0 Å². The normalized spacial score (nSPS) is 20.5. The zero-order valence-electron chi connectivity index (χ0n) is 14.6. The summed E-state index contributed by atoms with van der Waals surface area (Å²) in [5.41, 5.74) is 4.37. The maximum atomic E-state index is 12.8. The summed E-state index contributed by atoms with van der Waals surface area (Å²) in [7, 11) is 0. The van der Waals surface area contributed by atoms with Gasteiger partial charge < -0.3 is 10.6 Å². The van der Waals surface area contributed by atoms with Crippen molar-refractivity contribution in [2.75, 3.05) is 18.4 Å². The number of likely N-dealkylation sites (N-methyl/N-ethyl adjacent to an activating group) is 1. The van der Waals surface area contributed by atoms with Gasteiger partial charge in [0, 0.05) is 18.0 Å². The third-order valence-corrected chi connectivity index (χ3v) is 6.16. The number of carbonyl (C=O) groups excluding carboxylic acids is 1. The molecule has 0 bridgehead atoms. The van der Waals surface area contributed by atoms with Crippen molar-refractivity contribution < 1.29 is 4.79 Å². The molecule has 2 aromatic rings. The van der Waals surface area contributed by atoms with E-state index in [2.05, 4.69) is 47.6 Å². The molecule has 3 heterocycles. The highest BCUT2D eigenvalue weighted by Gasteiger charge is 2.32. The average Bonchev–Trinajstić information content (AvgIpc) is 3.00. The largest absolute Gasteiger partial charge is 0.353 e. The van der Waals surface area contributed by atoms with Gasteiger partial charge >= 0.3 is 0 Å². The van der Waals surface area contributed by atoms with Crippen LogP contribution in [0.2, 0.25) is 0 Å². The van der Waals surface area contributed by atoms with Crippen LogP contribution in [-0.2, 0) is 13.0 Å². The van der Waals surface area contributed by atoms with Gasteiger partial charge in [-0.3, -0.25) is 9.69 Å². The zero-order chi connectivity index (χ0) is 17.4. The summed E-state index contributed by atoms with van der Waals surface area (Å²) in [4.78, 5) is 16.5. The van der Waals surface area contributed by atoms with Gasteiger partial charge in [-0.1, -0.05) is 43.3 Å². The zero-order valence-corrected chi connectivity index (χ0v) is 15.5. The summed E-state index contributed by atoms with van der Waals surface area (Å²) in [6.07, 6.45) is 2.94. The van der Waals surface area contributed by atoms with Crippen LogP contribution in [0, 0.1) is 0 Å². The van der Waals surface area contributed by atoms with Gasteiger partial charge in [-0.2, -0.15) is 0 Å². The van der Waals surface area contributed by atoms with Crippen molar-refractivity contribution in [2.24, 2.45) is 0 Å². The molecule has 0 aliphatic carbocycles. The molecule has 25 heavy (non-hydrogen) atoms. The van der Waals surface area contributed by atoms with Gasteiger partial charge in [0.25, 0.3) is 5.91 Å². The van der Waals surface area contributed by atoms with Crippen LogP contribution >= 0.6 is 11.3 Å². The molecule has 1 amide bonds. The number of anilines is 1. The number of fused-ring (bicyclic) bond motifs is 3. The Morgan fingerprint density at radius 1 is 1.32 bits per heavy atom. The third kappa shape index (κ3) is 3.10. The van der Waals surface area contributed by atoms with Crippen LogP contribution in [0.1, 0.15) is 40.2 Å². The van der Waals surface area contributed by atoms with E-state index in [0.717, 1.165) is 47.8 Å². The maximum absolute atomic E-state index is 12.8. The minimum Gasteiger partial charge on any atom is -0.353 e. The number of rotatable bonds is 3. The predicted molar refractivity (Wildman–Crippen MR) is 104 cm³/mol. The molecule has 0 saturated carbocycles. The highest BCUT2D eigenvalue weighted by atomic mass is 32.1. The van der Waals surface area contributed by atoms with E-state index in [1.165, 1.54) is 10.4 Å². The lowest BCUT2D eigenvalue weighted by Gasteiger charge is -2.28. The number of hydrogen-bond donors (Lipinski definition) is 2. The molecule has 4 nitrogen and oxygen atoms in total. The van der Waals surface area contributed by atoms with Crippen LogP contribution in [0.15, 0.2) is 35.9 Å². The van der Waals surface area contributed by atoms with Crippen molar-refractivity contribution >= 4 is 28.3 Å². The van der Waals surface area contributed by atoms with Crippen molar-refractivity contribution in [3.63, 3.8) is 0 Å². The number of carbonyl (C=O) groups is 1. The summed E-state index contributed by atoms with van der Waals surface area (Å²) in [5.74, 6) is 0.0574. The van der Waals surface area contributed by atoms with Crippen LogP contribution in [-0.4, -0.2) is 30.1 Å². The van der Waals surface area contributed by atoms with E-state index in [1.54, 1.807) is 11.3 Å². The van der Waals surface area contributed by atoms with Gasteiger partial charge in [-0.25, -0.2) is 0 Å². The molecule has 4 rings (SSSR count). The molecule has 2 aliphatic rings. The second kappa shape index (κ2) is 6.65. The van der Waals surface area contributed by atoms with Gasteiger partial charge in [-0.05, 0) is 36.6 Å². The minimum absolute atomic E-state index is 0.0574. The summed E-state index contributed by atoms with van der Waals surface area (Å²) in [6.45, 7) is 7.31. The highest BCUT2D eigenvalue weighted by molar-refractivity contribution is 7.16. The fraction of sp³-hybridized carbons (Fsp3) is 0.350. The van der Waals surface area contributed by atoms with Crippen molar-refractivity contribution in [3.05, 3.63) is 57.5 Å². The Hall–Kier alpha value is -2.11. The molecule has 0 unspecified atom stereocenters. The Labute approximate surface area is 152 Å². The Morgan fingerprint density at radius 2 is 2.12 bits per heavy atom. The van der Waals surface area contributed by atoms with Gasteiger partial charge in [0.15, 0.2) is 0 Å². The van der Waals surface area contributed by atoms with E-state index >= 15 is 0 Å². The van der Waals surface area contributed by atoms with E-state index in [-0.39, 0.29) is 12.1 Å². The van der Waals surface area contributed by atoms with Gasteiger partial charge in [0.05, 0.1) is 5.56 Å². The fourth-order valence-electron chi connectivity index (χ4n) is 3.56. The minimum atomic E-state index is -0.150. The Morgan fingerprint density at radius 3 is 2.88 bits per heavy atom. The van der Waals surface area contributed by atoms with Crippen molar-refractivity contribution in [2.45, 2.75) is 33.0 Å². The molecule has 0 fully saturated rings. The molecule has 0 spiro atoms. The number of benzene rings is 1. The predicted octanol–water partition coefficient (Wildman–Crippen LogP) is 3.71. The number of amides is 1. The van der Waals surface area contributed by atoms with Crippen LogP contribution < -0.4 is 10.6 Å². The summed E-state index contributed by atoms with van der Waals surface area (Å²) in [6, 6.07) is 10.2. The number of nitrogens with zero attached hydrogens (tertiary/aromatic N) is 1. The van der Waals surface area contributed by atoms with Crippen molar-refractivity contribution in [1.82, 2.24) is 10.2 Å². The molecular weight excluding hydrogens is 330 g/mol. The Bertz CT molecular complexity index is 825. The molecular formula is C20H23N3OS. The lowest BCUT2D eigenvalue weighted by Crippen LogP contribution is -2.45.